The summed E-state index contributed by atoms with van der Waals surface area (Å²) in [4.78, 5) is 40.1. The number of benzene rings is 2. The van der Waals surface area contributed by atoms with Gasteiger partial charge in [-0.2, -0.15) is 0 Å². The number of piperazine rings is 1. The number of aryl methyl sites for hydroxylation is 3. The number of carbonyl (C=O) groups excluding carboxylic acids is 3. The molecule has 1 saturated heterocycles. The average molecular weight is 379 g/mol. The fourth-order valence-corrected chi connectivity index (χ4v) is 3.43. The standard InChI is InChI=1S/C22H25N3O3/c1-15-10-16(2)12-19(11-15)23-20(26)14-25-9-8-24(21(27)22(25)28)13-18-7-5-4-6-17(18)3/h4-7,10-12H,8-9,13-14H2,1-3H3,(H,23,26). The molecule has 2 aromatic carbocycles. The number of nitrogens with one attached hydrogen (secondary N) is 1. The van der Waals surface area contributed by atoms with Gasteiger partial charge in [0.1, 0.15) is 6.54 Å². The molecule has 0 aromatic heterocycles. The molecule has 28 heavy (non-hydrogen) atoms. The Bertz CT molecular complexity index is 903. The van der Waals surface area contributed by atoms with Crippen molar-refractivity contribution in [1.29, 1.82) is 0 Å². The Morgan fingerprint density at radius 2 is 1.54 bits per heavy atom. The third-order valence-corrected chi connectivity index (χ3v) is 4.86. The van der Waals surface area contributed by atoms with E-state index in [1.807, 2.05) is 63.2 Å². The van der Waals surface area contributed by atoms with Crippen LogP contribution in [0.1, 0.15) is 22.3 Å². The van der Waals surface area contributed by atoms with Crippen LogP contribution >= 0.6 is 0 Å². The number of hydrogen-bond acceptors (Lipinski definition) is 3. The lowest BCUT2D eigenvalue weighted by molar-refractivity contribution is -0.157. The average Bonchev–Trinajstić information content (AvgIpc) is 2.62. The van der Waals surface area contributed by atoms with Gasteiger partial charge in [0.25, 0.3) is 0 Å². The van der Waals surface area contributed by atoms with Crippen molar-refractivity contribution in [2.24, 2.45) is 0 Å². The van der Waals surface area contributed by atoms with Gasteiger partial charge in [-0.05, 0) is 55.2 Å². The lowest BCUT2D eigenvalue weighted by Crippen LogP contribution is -2.55. The molecule has 1 aliphatic heterocycles. The summed E-state index contributed by atoms with van der Waals surface area (Å²) in [5.41, 5.74) is 4.89. The van der Waals surface area contributed by atoms with Gasteiger partial charge >= 0.3 is 11.8 Å². The van der Waals surface area contributed by atoms with Crippen molar-refractivity contribution < 1.29 is 14.4 Å². The predicted octanol–water partition coefficient (Wildman–Crippen LogP) is 2.42. The van der Waals surface area contributed by atoms with Crippen molar-refractivity contribution in [3.63, 3.8) is 0 Å². The lowest BCUT2D eigenvalue weighted by atomic mass is 10.1. The third kappa shape index (κ3) is 4.57. The molecular weight excluding hydrogens is 354 g/mol. The van der Waals surface area contributed by atoms with E-state index in [-0.39, 0.29) is 12.5 Å². The summed E-state index contributed by atoms with van der Waals surface area (Å²) in [5, 5.41) is 2.81. The fraction of sp³-hybridized carbons (Fsp3) is 0.318. The van der Waals surface area contributed by atoms with Gasteiger partial charge in [0, 0.05) is 25.3 Å². The Labute approximate surface area is 165 Å². The molecule has 0 bridgehead atoms. The molecule has 2 aromatic rings. The topological polar surface area (TPSA) is 69.7 Å². The Hall–Kier alpha value is -3.15. The first-order valence-electron chi connectivity index (χ1n) is 9.34. The Morgan fingerprint density at radius 1 is 0.929 bits per heavy atom. The largest absolute Gasteiger partial charge is 0.328 e. The lowest BCUT2D eigenvalue weighted by Gasteiger charge is -2.33. The number of rotatable bonds is 5. The van der Waals surface area contributed by atoms with Crippen molar-refractivity contribution in [2.75, 3.05) is 25.0 Å². The first-order chi connectivity index (χ1) is 13.3. The van der Waals surface area contributed by atoms with E-state index >= 15 is 0 Å². The molecule has 0 spiro atoms. The van der Waals surface area contributed by atoms with E-state index in [0.717, 1.165) is 22.3 Å². The van der Waals surface area contributed by atoms with Crippen molar-refractivity contribution >= 4 is 23.4 Å². The van der Waals surface area contributed by atoms with Gasteiger partial charge in [-0.1, -0.05) is 30.3 Å². The minimum Gasteiger partial charge on any atom is -0.328 e. The maximum atomic E-state index is 12.5. The van der Waals surface area contributed by atoms with Gasteiger partial charge in [0.05, 0.1) is 0 Å². The third-order valence-electron chi connectivity index (χ3n) is 4.86. The van der Waals surface area contributed by atoms with Crippen LogP contribution in [0.25, 0.3) is 0 Å². The Kier molecular flexibility index (Phi) is 5.78. The van der Waals surface area contributed by atoms with Crippen molar-refractivity contribution in [3.05, 3.63) is 64.7 Å². The summed E-state index contributed by atoms with van der Waals surface area (Å²) in [6, 6.07) is 13.6. The highest BCUT2D eigenvalue weighted by Gasteiger charge is 2.33. The smallest absolute Gasteiger partial charge is 0.312 e. The first-order valence-corrected chi connectivity index (χ1v) is 9.34. The van der Waals surface area contributed by atoms with Crippen LogP contribution in [0.4, 0.5) is 5.69 Å². The molecule has 1 fully saturated rings. The molecule has 146 valence electrons. The van der Waals surface area contributed by atoms with E-state index in [2.05, 4.69) is 5.32 Å². The zero-order valence-electron chi connectivity index (χ0n) is 16.5. The molecule has 0 unspecified atom stereocenters. The summed E-state index contributed by atoms with van der Waals surface area (Å²) in [6.07, 6.45) is 0. The number of amides is 3. The van der Waals surface area contributed by atoms with E-state index in [1.165, 1.54) is 4.90 Å². The van der Waals surface area contributed by atoms with Crippen LogP contribution < -0.4 is 5.32 Å². The zero-order chi connectivity index (χ0) is 20.3. The van der Waals surface area contributed by atoms with Gasteiger partial charge in [-0.25, -0.2) is 0 Å². The number of carbonyl (C=O) groups is 3. The molecule has 1 heterocycles. The SMILES string of the molecule is Cc1cc(C)cc(NC(=O)CN2CCN(Cc3ccccc3C)C(=O)C2=O)c1. The number of hydrogen-bond donors (Lipinski definition) is 1. The molecule has 1 N–H and O–H groups in total. The van der Waals surface area contributed by atoms with Crippen LogP contribution in [-0.4, -0.2) is 47.2 Å². The molecule has 6 nitrogen and oxygen atoms in total. The summed E-state index contributed by atoms with van der Waals surface area (Å²) in [5.74, 6) is -1.50. The monoisotopic (exact) mass is 379 g/mol. The number of nitrogens with zero attached hydrogens (tertiary/aromatic N) is 2. The van der Waals surface area contributed by atoms with Gasteiger partial charge in [0.15, 0.2) is 0 Å². The number of anilines is 1. The van der Waals surface area contributed by atoms with Crippen LogP contribution in [0.2, 0.25) is 0 Å². The van der Waals surface area contributed by atoms with Crippen molar-refractivity contribution in [2.45, 2.75) is 27.3 Å². The molecule has 0 atom stereocenters. The minimum absolute atomic E-state index is 0.129. The van der Waals surface area contributed by atoms with Crippen LogP contribution in [0.15, 0.2) is 42.5 Å². The highest BCUT2D eigenvalue weighted by molar-refractivity contribution is 6.35. The van der Waals surface area contributed by atoms with Crippen LogP contribution in [0, 0.1) is 20.8 Å². The molecule has 0 saturated carbocycles. The molecule has 0 aliphatic carbocycles. The second-order valence-electron chi connectivity index (χ2n) is 7.30. The van der Waals surface area contributed by atoms with E-state index in [4.69, 9.17) is 0 Å². The van der Waals surface area contributed by atoms with E-state index in [0.29, 0.717) is 25.3 Å². The van der Waals surface area contributed by atoms with Crippen LogP contribution in [0.5, 0.6) is 0 Å². The Balaban J connectivity index is 1.60. The molecule has 6 heteroatoms. The molecule has 1 aliphatic rings. The summed E-state index contributed by atoms with van der Waals surface area (Å²) in [6.45, 7) is 6.92. The van der Waals surface area contributed by atoms with Crippen LogP contribution in [0.3, 0.4) is 0 Å². The molecule has 3 amide bonds. The van der Waals surface area contributed by atoms with E-state index in [9.17, 15) is 14.4 Å². The van der Waals surface area contributed by atoms with Gasteiger partial charge < -0.3 is 15.1 Å². The minimum atomic E-state index is -0.629. The van der Waals surface area contributed by atoms with Crippen LogP contribution in [-0.2, 0) is 20.9 Å². The maximum Gasteiger partial charge on any atom is 0.312 e. The van der Waals surface area contributed by atoms with Gasteiger partial charge in [-0.3, -0.25) is 14.4 Å². The van der Waals surface area contributed by atoms with Crippen molar-refractivity contribution in [3.8, 4) is 0 Å². The normalized spacial score (nSPS) is 14.4. The predicted molar refractivity (Wildman–Crippen MR) is 108 cm³/mol. The Morgan fingerprint density at radius 3 is 2.21 bits per heavy atom. The quantitative estimate of drug-likeness (QED) is 0.811. The molecular formula is C22H25N3O3. The zero-order valence-corrected chi connectivity index (χ0v) is 16.5. The van der Waals surface area contributed by atoms with E-state index in [1.54, 1.807) is 4.90 Å². The summed E-state index contributed by atoms with van der Waals surface area (Å²) >= 11 is 0. The second-order valence-corrected chi connectivity index (χ2v) is 7.30. The highest BCUT2D eigenvalue weighted by atomic mass is 16.2. The highest BCUT2D eigenvalue weighted by Crippen LogP contribution is 2.16. The first kappa shape index (κ1) is 19.6. The van der Waals surface area contributed by atoms with Gasteiger partial charge in [0.2, 0.25) is 5.91 Å². The van der Waals surface area contributed by atoms with Crippen molar-refractivity contribution in [1.82, 2.24) is 9.80 Å². The van der Waals surface area contributed by atoms with Gasteiger partial charge in [-0.15, -0.1) is 0 Å². The second kappa shape index (κ2) is 8.25. The fourth-order valence-electron chi connectivity index (χ4n) is 3.43. The molecule has 0 radical (unpaired) electrons. The summed E-state index contributed by atoms with van der Waals surface area (Å²) < 4.78 is 0. The van der Waals surface area contributed by atoms with E-state index < -0.39 is 11.8 Å². The summed E-state index contributed by atoms with van der Waals surface area (Å²) in [7, 11) is 0. The molecule has 3 rings (SSSR count). The maximum absolute atomic E-state index is 12.5.